The topological polar surface area (TPSA) is 58.6 Å². The number of carbonyl (C=O) groups is 2. The first-order chi connectivity index (χ1) is 9.79. The Hall–Kier alpha value is -2.04. The maximum atomic E-state index is 12.6. The number of hydrogen-bond acceptors (Lipinski definition) is 3. The van der Waals surface area contributed by atoms with Crippen molar-refractivity contribution in [3.05, 3.63) is 24.3 Å². The van der Waals surface area contributed by atoms with E-state index in [1.165, 1.54) is 0 Å². The number of hydrogen-bond donors (Lipinski definition) is 1. The summed E-state index contributed by atoms with van der Waals surface area (Å²) in [5.41, 5.74) is -0.110. The Bertz CT molecular complexity index is 535. The average Bonchev–Trinajstić information content (AvgIpc) is 2.48. The second-order valence-electron chi connectivity index (χ2n) is 6.04. The van der Waals surface area contributed by atoms with Crippen molar-refractivity contribution >= 4 is 17.5 Å². The number of nitrogens with zero attached hydrogens (tertiary/aromatic N) is 1. The highest BCUT2D eigenvalue weighted by molar-refractivity contribution is 6.03. The normalized spacial score (nSPS) is 18.4. The van der Waals surface area contributed by atoms with E-state index in [1.807, 2.05) is 38.1 Å². The Morgan fingerprint density at radius 1 is 1.19 bits per heavy atom. The van der Waals surface area contributed by atoms with E-state index >= 15 is 0 Å². The van der Waals surface area contributed by atoms with Crippen molar-refractivity contribution < 1.29 is 14.3 Å². The van der Waals surface area contributed by atoms with Crippen molar-refractivity contribution in [2.24, 2.45) is 0 Å². The summed E-state index contributed by atoms with van der Waals surface area (Å²) in [6, 6.07) is 7.38. The van der Waals surface area contributed by atoms with Gasteiger partial charge in [-0.3, -0.25) is 9.59 Å². The largest absolute Gasteiger partial charge is 0.491 e. The van der Waals surface area contributed by atoms with Gasteiger partial charge in [0.15, 0.2) is 0 Å². The fraction of sp³-hybridized carbons (Fsp3) is 0.500. The van der Waals surface area contributed by atoms with Crippen LogP contribution < -0.4 is 15.0 Å². The Morgan fingerprint density at radius 3 is 2.38 bits per heavy atom. The highest BCUT2D eigenvalue weighted by Crippen LogP contribution is 2.24. The minimum Gasteiger partial charge on any atom is -0.491 e. The van der Waals surface area contributed by atoms with Crippen LogP contribution in [0.1, 0.15) is 34.1 Å². The molecule has 1 aliphatic heterocycles. The summed E-state index contributed by atoms with van der Waals surface area (Å²) in [4.78, 5) is 25.9. The maximum Gasteiger partial charge on any atom is 0.252 e. The number of anilines is 1. The van der Waals surface area contributed by atoms with Gasteiger partial charge in [-0.05, 0) is 52.0 Å². The van der Waals surface area contributed by atoms with E-state index in [2.05, 4.69) is 5.32 Å². The minimum absolute atomic E-state index is 0.101. The first-order valence-electron chi connectivity index (χ1n) is 7.19. The summed E-state index contributed by atoms with van der Waals surface area (Å²) in [7, 11) is 0. The lowest BCUT2D eigenvalue weighted by atomic mass is 10.0. The molecule has 1 aromatic rings. The summed E-state index contributed by atoms with van der Waals surface area (Å²) in [5, 5.41) is 2.75. The molecule has 2 amide bonds. The van der Waals surface area contributed by atoms with Gasteiger partial charge in [0.05, 0.1) is 6.10 Å². The van der Waals surface area contributed by atoms with Gasteiger partial charge in [0, 0.05) is 18.7 Å². The molecule has 0 spiro atoms. The number of amides is 2. The molecule has 21 heavy (non-hydrogen) atoms. The molecule has 0 atom stereocenters. The van der Waals surface area contributed by atoms with Gasteiger partial charge in [-0.1, -0.05) is 0 Å². The van der Waals surface area contributed by atoms with Crippen LogP contribution >= 0.6 is 0 Å². The van der Waals surface area contributed by atoms with Gasteiger partial charge in [0.2, 0.25) is 5.91 Å². The van der Waals surface area contributed by atoms with Gasteiger partial charge in [-0.2, -0.15) is 0 Å². The number of ether oxygens (including phenoxy) is 1. The van der Waals surface area contributed by atoms with Gasteiger partial charge >= 0.3 is 0 Å². The van der Waals surface area contributed by atoms with Crippen LogP contribution in [-0.4, -0.2) is 30.0 Å². The molecule has 0 aliphatic carbocycles. The molecule has 5 heteroatoms. The first-order valence-corrected chi connectivity index (χ1v) is 7.19. The van der Waals surface area contributed by atoms with Gasteiger partial charge in [-0.25, -0.2) is 0 Å². The van der Waals surface area contributed by atoms with E-state index in [0.29, 0.717) is 13.0 Å². The van der Waals surface area contributed by atoms with Crippen molar-refractivity contribution in [3.8, 4) is 5.75 Å². The first kappa shape index (κ1) is 15.4. The predicted molar refractivity (Wildman–Crippen MR) is 81.4 cm³/mol. The third kappa shape index (κ3) is 3.54. The third-order valence-corrected chi connectivity index (χ3v) is 3.31. The molecule has 0 saturated carbocycles. The molecule has 0 radical (unpaired) electrons. The number of benzene rings is 1. The lowest BCUT2D eigenvalue weighted by molar-refractivity contribution is -0.128. The molecule has 1 aliphatic rings. The van der Waals surface area contributed by atoms with Crippen LogP contribution in [0.4, 0.5) is 5.69 Å². The van der Waals surface area contributed by atoms with Crippen LogP contribution in [-0.2, 0) is 9.59 Å². The Morgan fingerprint density at radius 2 is 1.81 bits per heavy atom. The molecular weight excluding hydrogens is 268 g/mol. The highest BCUT2D eigenvalue weighted by Gasteiger charge is 2.37. The Labute approximate surface area is 125 Å². The van der Waals surface area contributed by atoms with Crippen molar-refractivity contribution in [1.82, 2.24) is 5.32 Å². The van der Waals surface area contributed by atoms with E-state index in [4.69, 9.17) is 4.74 Å². The third-order valence-electron chi connectivity index (χ3n) is 3.31. The summed E-state index contributed by atoms with van der Waals surface area (Å²) < 4.78 is 5.60. The summed E-state index contributed by atoms with van der Waals surface area (Å²) in [6.07, 6.45) is 0.413. The molecule has 1 aromatic carbocycles. The summed E-state index contributed by atoms with van der Waals surface area (Å²) in [6.45, 7) is 7.76. The molecule has 1 N–H and O–H groups in total. The van der Waals surface area contributed by atoms with Gasteiger partial charge in [0.1, 0.15) is 11.3 Å². The van der Waals surface area contributed by atoms with Gasteiger partial charge in [-0.15, -0.1) is 0 Å². The molecule has 0 aromatic heterocycles. The fourth-order valence-corrected chi connectivity index (χ4v) is 2.34. The molecule has 1 saturated heterocycles. The molecule has 1 fully saturated rings. The van der Waals surface area contributed by atoms with Gasteiger partial charge < -0.3 is 15.0 Å². The number of rotatable bonds is 3. The monoisotopic (exact) mass is 290 g/mol. The van der Waals surface area contributed by atoms with Crippen LogP contribution in [0.2, 0.25) is 0 Å². The molecule has 114 valence electrons. The zero-order valence-electron chi connectivity index (χ0n) is 13.0. The van der Waals surface area contributed by atoms with E-state index in [9.17, 15) is 9.59 Å². The smallest absolute Gasteiger partial charge is 0.252 e. The molecule has 2 rings (SSSR count). The fourth-order valence-electron chi connectivity index (χ4n) is 2.34. The lowest BCUT2D eigenvalue weighted by Crippen LogP contribution is -2.53. The summed E-state index contributed by atoms with van der Waals surface area (Å²) in [5.74, 6) is 0.561. The second-order valence-corrected chi connectivity index (χ2v) is 6.04. The van der Waals surface area contributed by atoms with E-state index in [0.717, 1.165) is 11.4 Å². The minimum atomic E-state index is -0.888. The quantitative estimate of drug-likeness (QED) is 0.927. The van der Waals surface area contributed by atoms with Gasteiger partial charge in [0.25, 0.3) is 5.91 Å². The van der Waals surface area contributed by atoms with Crippen LogP contribution in [0, 0.1) is 0 Å². The zero-order valence-corrected chi connectivity index (χ0v) is 13.0. The lowest BCUT2D eigenvalue weighted by Gasteiger charge is -2.29. The van der Waals surface area contributed by atoms with Crippen LogP contribution in [0.5, 0.6) is 5.75 Å². The van der Waals surface area contributed by atoms with Crippen LogP contribution in [0.3, 0.4) is 0 Å². The molecule has 5 nitrogen and oxygen atoms in total. The van der Waals surface area contributed by atoms with Crippen molar-refractivity contribution in [2.45, 2.75) is 45.8 Å². The number of carbonyl (C=O) groups excluding carboxylic acids is 2. The molecule has 0 unspecified atom stereocenters. The molecule has 1 heterocycles. The zero-order chi connectivity index (χ0) is 15.6. The van der Waals surface area contributed by atoms with Crippen molar-refractivity contribution in [3.63, 3.8) is 0 Å². The van der Waals surface area contributed by atoms with Crippen LogP contribution in [0.15, 0.2) is 24.3 Å². The van der Waals surface area contributed by atoms with Crippen molar-refractivity contribution in [1.29, 1.82) is 0 Å². The number of nitrogens with one attached hydrogen (secondary N) is 1. The maximum absolute atomic E-state index is 12.6. The highest BCUT2D eigenvalue weighted by atomic mass is 16.5. The summed E-state index contributed by atoms with van der Waals surface area (Å²) >= 11 is 0. The van der Waals surface area contributed by atoms with Crippen molar-refractivity contribution in [2.75, 3.05) is 11.4 Å². The Kier molecular flexibility index (Phi) is 4.21. The van der Waals surface area contributed by atoms with Crippen LogP contribution in [0.25, 0.3) is 0 Å². The van der Waals surface area contributed by atoms with E-state index in [1.54, 1.807) is 18.7 Å². The second kappa shape index (κ2) is 5.76. The Balaban J connectivity index is 2.23. The standard InChI is InChI=1S/C16H22N2O3/c1-11(2)21-13-7-5-12(6-8-13)18-10-9-14(19)17-16(3,4)15(18)20/h5-8,11H,9-10H2,1-4H3,(H,17,19). The molecule has 0 bridgehead atoms. The van der Waals surface area contributed by atoms with E-state index < -0.39 is 5.54 Å². The SMILES string of the molecule is CC(C)Oc1ccc(N2CCC(=O)NC(C)(C)C2=O)cc1. The predicted octanol–water partition coefficient (Wildman–Crippen LogP) is 2.11. The molecular formula is C16H22N2O3. The average molecular weight is 290 g/mol. The van der Waals surface area contributed by atoms with E-state index in [-0.39, 0.29) is 17.9 Å².